The van der Waals surface area contributed by atoms with Gasteiger partial charge in [-0.3, -0.25) is 9.59 Å². The first kappa shape index (κ1) is 14.0. The van der Waals surface area contributed by atoms with Crippen LogP contribution in [0.15, 0.2) is 0 Å². The molecule has 0 N–H and O–H groups in total. The Hall–Kier alpha value is -1.07. The van der Waals surface area contributed by atoms with E-state index in [1.165, 1.54) is 0 Å². The number of nitrogens with zero attached hydrogens (tertiary/aromatic N) is 1. The van der Waals surface area contributed by atoms with E-state index in [0.29, 0.717) is 0 Å². The van der Waals surface area contributed by atoms with Crippen molar-refractivity contribution in [1.29, 1.82) is 0 Å². The van der Waals surface area contributed by atoms with Crippen molar-refractivity contribution in [2.75, 3.05) is 13.1 Å². The summed E-state index contributed by atoms with van der Waals surface area (Å²) < 4.78 is 36.4. The number of ketones is 1. The number of carbonyl (C=O) groups is 2. The van der Waals surface area contributed by atoms with E-state index in [9.17, 15) is 22.8 Å². The molecule has 0 aromatic carbocycles. The standard InChI is InChI=1S/C11H16F3NO2/c1-7(2)9(16)3-8-4-10(17)15(5-8)6-11(12,13)14/h7-8H,3-6H2,1-2H3/t8-/m1/s1. The predicted molar refractivity (Wildman–Crippen MR) is 55.2 cm³/mol. The first-order valence-corrected chi connectivity index (χ1v) is 5.56. The number of amides is 1. The van der Waals surface area contributed by atoms with E-state index in [4.69, 9.17) is 0 Å². The highest BCUT2D eigenvalue weighted by Crippen LogP contribution is 2.26. The summed E-state index contributed by atoms with van der Waals surface area (Å²) in [7, 11) is 0. The normalized spacial score (nSPS) is 21.4. The summed E-state index contributed by atoms with van der Waals surface area (Å²) in [6, 6.07) is 0. The summed E-state index contributed by atoms with van der Waals surface area (Å²) in [5, 5.41) is 0. The molecule has 1 rings (SSSR count). The van der Waals surface area contributed by atoms with Crippen LogP contribution in [-0.2, 0) is 9.59 Å². The molecule has 0 aromatic rings. The second kappa shape index (κ2) is 5.06. The van der Waals surface area contributed by atoms with Crippen LogP contribution in [0.2, 0.25) is 0 Å². The van der Waals surface area contributed by atoms with Crippen LogP contribution in [0.25, 0.3) is 0 Å². The number of halogens is 3. The van der Waals surface area contributed by atoms with Crippen molar-refractivity contribution in [3.05, 3.63) is 0 Å². The van der Waals surface area contributed by atoms with Gasteiger partial charge < -0.3 is 4.90 Å². The van der Waals surface area contributed by atoms with Gasteiger partial charge in [-0.05, 0) is 5.92 Å². The summed E-state index contributed by atoms with van der Waals surface area (Å²) in [4.78, 5) is 23.6. The van der Waals surface area contributed by atoms with Crippen LogP contribution in [0.1, 0.15) is 26.7 Å². The SMILES string of the molecule is CC(C)C(=O)C[C@@H]1CC(=O)N(CC(F)(F)F)C1. The van der Waals surface area contributed by atoms with Crippen molar-refractivity contribution in [3.8, 4) is 0 Å². The Kier molecular flexibility index (Phi) is 4.16. The molecular formula is C11H16F3NO2. The van der Waals surface area contributed by atoms with Gasteiger partial charge in [-0.15, -0.1) is 0 Å². The van der Waals surface area contributed by atoms with Crippen LogP contribution in [-0.4, -0.2) is 35.9 Å². The van der Waals surface area contributed by atoms with Crippen LogP contribution in [0, 0.1) is 11.8 Å². The maximum absolute atomic E-state index is 12.1. The maximum atomic E-state index is 12.1. The molecule has 0 saturated carbocycles. The zero-order valence-electron chi connectivity index (χ0n) is 9.88. The number of rotatable bonds is 4. The monoisotopic (exact) mass is 251 g/mol. The third-order valence-electron chi connectivity index (χ3n) is 2.80. The highest BCUT2D eigenvalue weighted by molar-refractivity contribution is 5.83. The Morgan fingerprint density at radius 3 is 2.53 bits per heavy atom. The van der Waals surface area contributed by atoms with Crippen LogP contribution in [0.5, 0.6) is 0 Å². The number of likely N-dealkylation sites (tertiary alicyclic amines) is 1. The van der Waals surface area contributed by atoms with Crippen LogP contribution >= 0.6 is 0 Å². The lowest BCUT2D eigenvalue weighted by Crippen LogP contribution is -2.35. The summed E-state index contributed by atoms with van der Waals surface area (Å²) in [5.41, 5.74) is 0. The number of Topliss-reactive ketones (excluding diaryl/α,β-unsaturated/α-hetero) is 1. The van der Waals surface area contributed by atoms with E-state index in [1.807, 2.05) is 0 Å². The maximum Gasteiger partial charge on any atom is 0.406 e. The van der Waals surface area contributed by atoms with Crippen LogP contribution in [0.3, 0.4) is 0 Å². The van der Waals surface area contributed by atoms with Gasteiger partial charge in [0.25, 0.3) is 0 Å². The average Bonchev–Trinajstić information content (AvgIpc) is 2.43. The Morgan fingerprint density at radius 1 is 1.47 bits per heavy atom. The molecule has 0 unspecified atom stereocenters. The lowest BCUT2D eigenvalue weighted by molar-refractivity contribution is -0.157. The van der Waals surface area contributed by atoms with Gasteiger partial charge in [-0.1, -0.05) is 13.8 Å². The van der Waals surface area contributed by atoms with E-state index < -0.39 is 18.6 Å². The summed E-state index contributed by atoms with van der Waals surface area (Å²) in [6.07, 6.45) is -4.13. The third kappa shape index (κ3) is 4.36. The van der Waals surface area contributed by atoms with Crippen molar-refractivity contribution in [1.82, 2.24) is 4.90 Å². The van der Waals surface area contributed by atoms with E-state index in [-0.39, 0.29) is 37.0 Å². The first-order valence-electron chi connectivity index (χ1n) is 5.56. The van der Waals surface area contributed by atoms with Crippen molar-refractivity contribution in [3.63, 3.8) is 0 Å². The largest absolute Gasteiger partial charge is 0.406 e. The zero-order chi connectivity index (χ0) is 13.2. The number of alkyl halides is 3. The molecule has 1 atom stereocenters. The smallest absolute Gasteiger partial charge is 0.333 e. The molecule has 1 aliphatic heterocycles. The molecule has 1 aliphatic rings. The highest BCUT2D eigenvalue weighted by atomic mass is 19.4. The van der Waals surface area contributed by atoms with Gasteiger partial charge in [-0.25, -0.2) is 0 Å². The van der Waals surface area contributed by atoms with Crippen molar-refractivity contribution >= 4 is 11.7 Å². The molecule has 0 spiro atoms. The fourth-order valence-electron chi connectivity index (χ4n) is 1.88. The summed E-state index contributed by atoms with van der Waals surface area (Å²) in [5.74, 6) is -0.915. The van der Waals surface area contributed by atoms with Crippen LogP contribution in [0.4, 0.5) is 13.2 Å². The summed E-state index contributed by atoms with van der Waals surface area (Å²) in [6.45, 7) is 2.31. The minimum absolute atomic E-state index is 0.00309. The first-order chi connectivity index (χ1) is 7.69. The second-order valence-corrected chi connectivity index (χ2v) is 4.78. The number of hydrogen-bond acceptors (Lipinski definition) is 2. The Morgan fingerprint density at radius 2 is 2.06 bits per heavy atom. The molecule has 0 radical (unpaired) electrons. The fourth-order valence-corrected chi connectivity index (χ4v) is 1.88. The molecule has 0 aliphatic carbocycles. The van der Waals surface area contributed by atoms with Crippen molar-refractivity contribution < 1.29 is 22.8 Å². The summed E-state index contributed by atoms with van der Waals surface area (Å²) >= 11 is 0. The number of hydrogen-bond donors (Lipinski definition) is 0. The molecule has 1 saturated heterocycles. The van der Waals surface area contributed by atoms with Crippen LogP contribution < -0.4 is 0 Å². The minimum Gasteiger partial charge on any atom is -0.333 e. The van der Waals surface area contributed by atoms with Gasteiger partial charge in [0.15, 0.2) is 0 Å². The van der Waals surface area contributed by atoms with Gasteiger partial charge in [0, 0.05) is 25.3 Å². The highest BCUT2D eigenvalue weighted by Gasteiger charge is 2.38. The van der Waals surface area contributed by atoms with E-state index in [1.54, 1.807) is 13.8 Å². The molecule has 98 valence electrons. The molecule has 6 heteroatoms. The number of carbonyl (C=O) groups excluding carboxylic acids is 2. The predicted octanol–water partition coefficient (Wildman–Crippen LogP) is 2.01. The molecule has 3 nitrogen and oxygen atoms in total. The Balaban J connectivity index is 2.50. The lowest BCUT2D eigenvalue weighted by Gasteiger charge is -2.18. The molecule has 1 amide bonds. The van der Waals surface area contributed by atoms with Gasteiger partial charge >= 0.3 is 6.18 Å². The Labute approximate surface area is 98.0 Å². The zero-order valence-corrected chi connectivity index (χ0v) is 9.88. The molecule has 17 heavy (non-hydrogen) atoms. The average molecular weight is 251 g/mol. The van der Waals surface area contributed by atoms with E-state index in [0.717, 1.165) is 4.90 Å². The van der Waals surface area contributed by atoms with E-state index >= 15 is 0 Å². The van der Waals surface area contributed by atoms with Gasteiger partial charge in [-0.2, -0.15) is 13.2 Å². The molecular weight excluding hydrogens is 235 g/mol. The molecule has 1 fully saturated rings. The Bertz CT molecular complexity index is 312. The van der Waals surface area contributed by atoms with Gasteiger partial charge in [0.1, 0.15) is 12.3 Å². The second-order valence-electron chi connectivity index (χ2n) is 4.78. The third-order valence-corrected chi connectivity index (χ3v) is 2.80. The van der Waals surface area contributed by atoms with Gasteiger partial charge in [0.05, 0.1) is 0 Å². The molecule has 0 bridgehead atoms. The molecule has 1 heterocycles. The fraction of sp³-hybridized carbons (Fsp3) is 0.818. The van der Waals surface area contributed by atoms with Crippen molar-refractivity contribution in [2.45, 2.75) is 32.9 Å². The quantitative estimate of drug-likeness (QED) is 0.766. The lowest BCUT2D eigenvalue weighted by atomic mass is 9.96. The van der Waals surface area contributed by atoms with E-state index in [2.05, 4.69) is 0 Å². The topological polar surface area (TPSA) is 37.4 Å². The molecule has 0 aromatic heterocycles. The van der Waals surface area contributed by atoms with Crippen molar-refractivity contribution in [2.24, 2.45) is 11.8 Å². The van der Waals surface area contributed by atoms with Gasteiger partial charge in [0.2, 0.25) is 5.91 Å². The minimum atomic E-state index is -4.37.